The van der Waals surface area contributed by atoms with Crippen LogP contribution in [0.15, 0.2) is 59.4 Å². The first-order chi connectivity index (χ1) is 13.2. The number of nitrogens with one attached hydrogen (secondary N) is 2. The predicted molar refractivity (Wildman–Crippen MR) is 109 cm³/mol. The second kappa shape index (κ2) is 7.66. The summed E-state index contributed by atoms with van der Waals surface area (Å²) >= 11 is 0. The highest BCUT2D eigenvalue weighted by Crippen LogP contribution is 2.23. The molecule has 27 heavy (non-hydrogen) atoms. The topological polar surface area (TPSA) is 65.2 Å². The molecule has 1 aliphatic heterocycles. The van der Waals surface area contributed by atoms with Crippen LogP contribution < -0.4 is 15.8 Å². The molecule has 0 spiro atoms. The number of para-hydroxylation sites is 1. The molecule has 0 saturated carbocycles. The van der Waals surface area contributed by atoms with E-state index in [1.54, 1.807) is 0 Å². The van der Waals surface area contributed by atoms with Crippen LogP contribution in [0.3, 0.4) is 0 Å². The van der Waals surface area contributed by atoms with Crippen molar-refractivity contribution in [2.24, 2.45) is 0 Å². The molecule has 0 atom stereocenters. The zero-order valence-electron chi connectivity index (χ0n) is 15.2. The monoisotopic (exact) mass is 361 g/mol. The Morgan fingerprint density at radius 3 is 2.70 bits per heavy atom. The number of carbonyl (C=O) groups is 1. The molecule has 0 unspecified atom stereocenters. The fourth-order valence-electron chi connectivity index (χ4n) is 3.61. The highest BCUT2D eigenvalue weighted by molar-refractivity contribution is 5.91. The first-order valence-electron chi connectivity index (χ1n) is 9.45. The molecule has 3 aromatic rings. The number of hydrogen-bond acceptors (Lipinski definition) is 3. The minimum absolute atomic E-state index is 0.0823. The highest BCUT2D eigenvalue weighted by atomic mass is 16.1. The summed E-state index contributed by atoms with van der Waals surface area (Å²) in [6, 6.07) is 17.5. The van der Waals surface area contributed by atoms with E-state index >= 15 is 0 Å². The lowest BCUT2D eigenvalue weighted by Crippen LogP contribution is -2.19. The van der Waals surface area contributed by atoms with Gasteiger partial charge < -0.3 is 15.2 Å². The number of aryl methyl sites for hydroxylation is 1. The van der Waals surface area contributed by atoms with Gasteiger partial charge in [-0.1, -0.05) is 24.3 Å². The van der Waals surface area contributed by atoms with Crippen molar-refractivity contribution in [3.63, 3.8) is 0 Å². The van der Waals surface area contributed by atoms with E-state index in [1.807, 2.05) is 48.5 Å². The van der Waals surface area contributed by atoms with Gasteiger partial charge in [0.2, 0.25) is 5.91 Å². The first-order valence-corrected chi connectivity index (χ1v) is 9.45. The lowest BCUT2D eigenvalue weighted by atomic mass is 10.1. The Morgan fingerprint density at radius 2 is 1.85 bits per heavy atom. The van der Waals surface area contributed by atoms with Gasteiger partial charge in [0.25, 0.3) is 5.56 Å². The Morgan fingerprint density at radius 1 is 1.04 bits per heavy atom. The molecule has 1 amide bonds. The molecule has 0 aliphatic carbocycles. The average molecular weight is 361 g/mol. The maximum atomic E-state index is 12.4. The standard InChI is InChI=1S/C22H23N3O2/c26-21(23-18-7-5-8-19(15-18)25-12-3-4-13-25)11-10-17-14-16-6-1-2-9-20(16)24-22(17)27/h1-2,5-9,14-15H,3-4,10-13H2,(H,23,26)(H,24,27). The Labute approximate surface area is 158 Å². The summed E-state index contributed by atoms with van der Waals surface area (Å²) in [5.74, 6) is -0.0823. The van der Waals surface area contributed by atoms with Crippen LogP contribution in [0.1, 0.15) is 24.8 Å². The minimum Gasteiger partial charge on any atom is -0.371 e. The van der Waals surface area contributed by atoms with Gasteiger partial charge in [0.1, 0.15) is 0 Å². The molecule has 1 aromatic heterocycles. The van der Waals surface area contributed by atoms with Gasteiger partial charge in [-0.25, -0.2) is 0 Å². The van der Waals surface area contributed by atoms with Gasteiger partial charge >= 0.3 is 0 Å². The molecular formula is C22H23N3O2. The predicted octanol–water partition coefficient (Wildman–Crippen LogP) is 3.70. The summed E-state index contributed by atoms with van der Waals surface area (Å²) in [5, 5.41) is 3.93. The molecule has 1 aliphatic rings. The van der Waals surface area contributed by atoms with Crippen LogP contribution >= 0.6 is 0 Å². The van der Waals surface area contributed by atoms with E-state index < -0.39 is 0 Å². The molecule has 2 heterocycles. The molecule has 2 aromatic carbocycles. The highest BCUT2D eigenvalue weighted by Gasteiger charge is 2.13. The largest absolute Gasteiger partial charge is 0.371 e. The van der Waals surface area contributed by atoms with Crippen LogP contribution in [-0.4, -0.2) is 24.0 Å². The Hall–Kier alpha value is -3.08. The molecule has 1 fully saturated rings. The number of aromatic amines is 1. The third-order valence-corrected chi connectivity index (χ3v) is 5.05. The van der Waals surface area contributed by atoms with E-state index in [0.717, 1.165) is 35.4 Å². The van der Waals surface area contributed by atoms with Crippen molar-refractivity contribution >= 4 is 28.2 Å². The molecule has 5 nitrogen and oxygen atoms in total. The second-order valence-electron chi connectivity index (χ2n) is 7.00. The quantitative estimate of drug-likeness (QED) is 0.728. The summed E-state index contributed by atoms with van der Waals surface area (Å²) in [6.45, 7) is 2.14. The lowest BCUT2D eigenvalue weighted by molar-refractivity contribution is -0.116. The fourth-order valence-corrected chi connectivity index (χ4v) is 3.61. The zero-order chi connectivity index (χ0) is 18.6. The molecule has 1 saturated heterocycles. The van der Waals surface area contributed by atoms with Crippen molar-refractivity contribution in [1.29, 1.82) is 0 Å². The molecule has 0 radical (unpaired) electrons. The van der Waals surface area contributed by atoms with Gasteiger partial charge in [0, 0.05) is 42.0 Å². The molecular weight excluding hydrogens is 338 g/mol. The van der Waals surface area contributed by atoms with E-state index in [-0.39, 0.29) is 17.9 Å². The second-order valence-corrected chi connectivity index (χ2v) is 7.00. The Kier molecular flexibility index (Phi) is 4.92. The number of fused-ring (bicyclic) bond motifs is 1. The SMILES string of the molecule is O=C(CCc1cc2ccccc2[nH]c1=O)Nc1cccc(N2CCCC2)c1. The third-order valence-electron chi connectivity index (χ3n) is 5.05. The third kappa shape index (κ3) is 4.03. The lowest BCUT2D eigenvalue weighted by Gasteiger charge is -2.18. The summed E-state index contributed by atoms with van der Waals surface area (Å²) in [5.41, 5.74) is 3.27. The van der Waals surface area contributed by atoms with Crippen LogP contribution in [0.25, 0.3) is 10.9 Å². The number of H-pyrrole nitrogens is 1. The van der Waals surface area contributed by atoms with E-state index in [1.165, 1.54) is 12.8 Å². The normalized spacial score (nSPS) is 13.9. The number of rotatable bonds is 5. The van der Waals surface area contributed by atoms with E-state index in [9.17, 15) is 9.59 Å². The average Bonchev–Trinajstić information content (AvgIpc) is 3.21. The summed E-state index contributed by atoms with van der Waals surface area (Å²) in [4.78, 5) is 29.8. The molecule has 2 N–H and O–H groups in total. The maximum Gasteiger partial charge on any atom is 0.251 e. The summed E-state index contributed by atoms with van der Waals surface area (Å²) in [7, 11) is 0. The molecule has 4 rings (SSSR count). The smallest absolute Gasteiger partial charge is 0.251 e. The van der Waals surface area contributed by atoms with Crippen molar-refractivity contribution in [3.8, 4) is 0 Å². The van der Waals surface area contributed by atoms with Crippen molar-refractivity contribution in [1.82, 2.24) is 4.98 Å². The Bertz CT molecular complexity index is 1020. The fraction of sp³-hybridized carbons (Fsp3) is 0.273. The van der Waals surface area contributed by atoms with Gasteiger partial charge in [-0.2, -0.15) is 0 Å². The van der Waals surface area contributed by atoms with Crippen LogP contribution in [0.2, 0.25) is 0 Å². The molecule has 0 bridgehead atoms. The maximum absolute atomic E-state index is 12.4. The van der Waals surface area contributed by atoms with E-state index in [4.69, 9.17) is 0 Å². The van der Waals surface area contributed by atoms with Crippen LogP contribution in [0.4, 0.5) is 11.4 Å². The first kappa shape index (κ1) is 17.3. The zero-order valence-corrected chi connectivity index (χ0v) is 15.2. The number of hydrogen-bond donors (Lipinski definition) is 2. The number of amides is 1. The molecule has 138 valence electrons. The van der Waals surface area contributed by atoms with E-state index in [0.29, 0.717) is 12.0 Å². The number of carbonyl (C=O) groups excluding carboxylic acids is 1. The number of anilines is 2. The van der Waals surface area contributed by atoms with Crippen molar-refractivity contribution in [3.05, 3.63) is 70.5 Å². The van der Waals surface area contributed by atoms with Crippen LogP contribution in [0.5, 0.6) is 0 Å². The van der Waals surface area contributed by atoms with Gasteiger partial charge in [-0.15, -0.1) is 0 Å². The van der Waals surface area contributed by atoms with Crippen LogP contribution in [-0.2, 0) is 11.2 Å². The van der Waals surface area contributed by atoms with Gasteiger partial charge in [-0.3, -0.25) is 9.59 Å². The summed E-state index contributed by atoms with van der Waals surface area (Å²) in [6.07, 6.45) is 3.13. The van der Waals surface area contributed by atoms with Crippen molar-refractivity contribution in [2.75, 3.05) is 23.3 Å². The number of pyridine rings is 1. The summed E-state index contributed by atoms with van der Waals surface area (Å²) < 4.78 is 0. The Balaban J connectivity index is 1.41. The van der Waals surface area contributed by atoms with Gasteiger partial charge in [-0.05, 0) is 55.0 Å². The van der Waals surface area contributed by atoms with Gasteiger partial charge in [0.05, 0.1) is 0 Å². The van der Waals surface area contributed by atoms with Crippen LogP contribution in [0, 0.1) is 0 Å². The number of benzene rings is 2. The minimum atomic E-state index is -0.127. The van der Waals surface area contributed by atoms with E-state index in [2.05, 4.69) is 21.3 Å². The molecule has 5 heteroatoms. The number of aromatic nitrogens is 1. The van der Waals surface area contributed by atoms with Gasteiger partial charge in [0.15, 0.2) is 0 Å². The van der Waals surface area contributed by atoms with Crippen molar-refractivity contribution < 1.29 is 4.79 Å². The number of nitrogens with zero attached hydrogens (tertiary/aromatic N) is 1. The van der Waals surface area contributed by atoms with Crippen molar-refractivity contribution in [2.45, 2.75) is 25.7 Å².